The lowest BCUT2D eigenvalue weighted by Gasteiger charge is -2.08. The Bertz CT molecular complexity index is 692. The van der Waals surface area contributed by atoms with Crippen LogP contribution in [-0.4, -0.2) is 31.6 Å². The molecular formula is C16H15NO6. The predicted molar refractivity (Wildman–Crippen MR) is 78.6 cm³/mol. The minimum Gasteiger partial charge on any atom is -0.467 e. The van der Waals surface area contributed by atoms with Crippen LogP contribution in [0.15, 0.2) is 47.1 Å². The quantitative estimate of drug-likeness (QED) is 0.812. The van der Waals surface area contributed by atoms with Gasteiger partial charge in [-0.25, -0.2) is 9.59 Å². The third-order valence-electron chi connectivity index (χ3n) is 2.93. The summed E-state index contributed by atoms with van der Waals surface area (Å²) >= 11 is 0. The SMILES string of the molecule is COC(=O)c1ccccc1C(=O)OCC(=O)NCc1ccco1. The molecule has 1 amide bonds. The fourth-order valence-corrected chi connectivity index (χ4v) is 1.81. The van der Waals surface area contributed by atoms with Gasteiger partial charge in [0.25, 0.3) is 5.91 Å². The zero-order chi connectivity index (χ0) is 16.7. The van der Waals surface area contributed by atoms with E-state index in [2.05, 4.69) is 10.1 Å². The van der Waals surface area contributed by atoms with Gasteiger partial charge in [0.1, 0.15) is 5.76 Å². The van der Waals surface area contributed by atoms with Crippen LogP contribution in [0.25, 0.3) is 0 Å². The minimum absolute atomic E-state index is 0.0400. The molecule has 2 rings (SSSR count). The maximum atomic E-state index is 12.0. The van der Waals surface area contributed by atoms with E-state index in [1.54, 1.807) is 24.3 Å². The number of furan rings is 1. The second-order valence-corrected chi connectivity index (χ2v) is 4.47. The van der Waals surface area contributed by atoms with Crippen LogP contribution >= 0.6 is 0 Å². The first-order valence-electron chi connectivity index (χ1n) is 6.75. The molecule has 1 aromatic heterocycles. The van der Waals surface area contributed by atoms with Gasteiger partial charge in [-0.15, -0.1) is 0 Å². The van der Waals surface area contributed by atoms with E-state index in [1.807, 2.05) is 0 Å². The fraction of sp³-hybridized carbons (Fsp3) is 0.188. The van der Waals surface area contributed by atoms with Gasteiger partial charge in [0.05, 0.1) is 31.0 Å². The lowest BCUT2D eigenvalue weighted by atomic mass is 10.1. The van der Waals surface area contributed by atoms with Crippen molar-refractivity contribution in [1.29, 1.82) is 0 Å². The number of esters is 2. The third-order valence-corrected chi connectivity index (χ3v) is 2.93. The van der Waals surface area contributed by atoms with Gasteiger partial charge in [-0.2, -0.15) is 0 Å². The Morgan fingerprint density at radius 2 is 1.74 bits per heavy atom. The summed E-state index contributed by atoms with van der Waals surface area (Å²) in [7, 11) is 1.21. The van der Waals surface area contributed by atoms with Crippen LogP contribution in [0, 0.1) is 0 Å². The van der Waals surface area contributed by atoms with Gasteiger partial charge in [0.2, 0.25) is 0 Å². The molecule has 7 nitrogen and oxygen atoms in total. The second-order valence-electron chi connectivity index (χ2n) is 4.47. The van der Waals surface area contributed by atoms with Crippen molar-refractivity contribution in [1.82, 2.24) is 5.32 Å². The predicted octanol–water partition coefficient (Wildman–Crippen LogP) is 1.54. The maximum absolute atomic E-state index is 12.0. The summed E-state index contributed by atoms with van der Waals surface area (Å²) < 4.78 is 14.6. The summed E-state index contributed by atoms with van der Waals surface area (Å²) in [5.41, 5.74) is 0.120. The van der Waals surface area contributed by atoms with Crippen molar-refractivity contribution >= 4 is 17.8 Å². The van der Waals surface area contributed by atoms with Crippen LogP contribution in [-0.2, 0) is 20.8 Å². The zero-order valence-electron chi connectivity index (χ0n) is 12.4. The number of hydrogen-bond donors (Lipinski definition) is 1. The first-order chi connectivity index (χ1) is 11.1. The van der Waals surface area contributed by atoms with E-state index in [-0.39, 0.29) is 17.7 Å². The van der Waals surface area contributed by atoms with Gasteiger partial charge in [0, 0.05) is 0 Å². The average molecular weight is 317 g/mol. The molecule has 0 saturated carbocycles. The topological polar surface area (TPSA) is 94.8 Å². The maximum Gasteiger partial charge on any atom is 0.339 e. The van der Waals surface area contributed by atoms with Gasteiger partial charge < -0.3 is 19.2 Å². The molecule has 0 aliphatic heterocycles. The molecule has 23 heavy (non-hydrogen) atoms. The molecule has 0 radical (unpaired) electrons. The van der Waals surface area contributed by atoms with E-state index in [1.165, 1.54) is 25.5 Å². The molecular weight excluding hydrogens is 302 g/mol. The van der Waals surface area contributed by atoms with Gasteiger partial charge in [-0.05, 0) is 24.3 Å². The van der Waals surface area contributed by atoms with E-state index >= 15 is 0 Å². The molecule has 1 N–H and O–H groups in total. The largest absolute Gasteiger partial charge is 0.467 e. The number of hydrogen-bond acceptors (Lipinski definition) is 6. The third kappa shape index (κ3) is 4.44. The van der Waals surface area contributed by atoms with Gasteiger partial charge in [-0.3, -0.25) is 4.79 Å². The molecule has 1 aromatic carbocycles. The molecule has 0 unspecified atom stereocenters. The molecule has 120 valence electrons. The normalized spacial score (nSPS) is 9.96. The smallest absolute Gasteiger partial charge is 0.339 e. The number of benzene rings is 1. The molecule has 0 aliphatic carbocycles. The molecule has 0 spiro atoms. The van der Waals surface area contributed by atoms with Crippen molar-refractivity contribution in [3.05, 3.63) is 59.5 Å². The lowest BCUT2D eigenvalue weighted by Crippen LogP contribution is -2.28. The second kappa shape index (κ2) is 7.79. The van der Waals surface area contributed by atoms with E-state index in [0.29, 0.717) is 5.76 Å². The van der Waals surface area contributed by atoms with E-state index < -0.39 is 24.5 Å². The summed E-state index contributed by atoms with van der Waals surface area (Å²) in [6, 6.07) is 9.46. The number of methoxy groups -OCH3 is 1. The summed E-state index contributed by atoms with van der Waals surface area (Å²) in [5, 5.41) is 2.54. The van der Waals surface area contributed by atoms with Crippen LogP contribution in [0.1, 0.15) is 26.5 Å². The van der Waals surface area contributed by atoms with Gasteiger partial charge in [0.15, 0.2) is 6.61 Å². The Kier molecular flexibility index (Phi) is 5.51. The highest BCUT2D eigenvalue weighted by atomic mass is 16.5. The fourth-order valence-electron chi connectivity index (χ4n) is 1.81. The number of rotatable bonds is 6. The Morgan fingerprint density at radius 3 is 2.35 bits per heavy atom. The zero-order valence-corrected chi connectivity index (χ0v) is 12.4. The molecule has 0 aliphatic rings. The number of ether oxygens (including phenoxy) is 2. The van der Waals surface area contributed by atoms with Crippen molar-refractivity contribution in [3.8, 4) is 0 Å². The highest BCUT2D eigenvalue weighted by Crippen LogP contribution is 2.11. The Balaban J connectivity index is 1.89. The summed E-state index contributed by atoms with van der Waals surface area (Å²) in [6.07, 6.45) is 1.49. The Hall–Kier alpha value is -3.09. The molecule has 0 bridgehead atoms. The van der Waals surface area contributed by atoms with Crippen LogP contribution in [0.4, 0.5) is 0 Å². The first-order valence-corrected chi connectivity index (χ1v) is 6.75. The first kappa shape index (κ1) is 16.3. The summed E-state index contributed by atoms with van der Waals surface area (Å²) in [4.78, 5) is 35.2. The van der Waals surface area contributed by atoms with Crippen molar-refractivity contribution < 1.29 is 28.3 Å². The number of nitrogens with one attached hydrogen (secondary N) is 1. The molecule has 0 fully saturated rings. The summed E-state index contributed by atoms with van der Waals surface area (Å²) in [5.74, 6) is -1.33. The highest BCUT2D eigenvalue weighted by molar-refractivity contribution is 6.03. The van der Waals surface area contributed by atoms with Crippen molar-refractivity contribution in [2.24, 2.45) is 0 Å². The average Bonchev–Trinajstić information content (AvgIpc) is 3.10. The van der Waals surface area contributed by atoms with Crippen LogP contribution in [0.2, 0.25) is 0 Å². The van der Waals surface area contributed by atoms with E-state index in [9.17, 15) is 14.4 Å². The minimum atomic E-state index is -0.779. The number of carbonyl (C=O) groups is 3. The van der Waals surface area contributed by atoms with Crippen LogP contribution in [0.5, 0.6) is 0 Å². The molecule has 0 atom stereocenters. The number of amides is 1. The van der Waals surface area contributed by atoms with Crippen LogP contribution in [0.3, 0.4) is 0 Å². The van der Waals surface area contributed by atoms with Crippen LogP contribution < -0.4 is 5.32 Å². The molecule has 1 heterocycles. The standard InChI is InChI=1S/C16H15NO6/c1-21-15(19)12-6-2-3-7-13(12)16(20)23-10-14(18)17-9-11-5-4-8-22-11/h2-8H,9-10H2,1H3,(H,17,18). The van der Waals surface area contributed by atoms with E-state index in [4.69, 9.17) is 9.15 Å². The summed E-state index contributed by atoms with van der Waals surface area (Å²) in [6.45, 7) is -0.267. The number of carbonyl (C=O) groups excluding carboxylic acids is 3. The van der Waals surface area contributed by atoms with Crippen molar-refractivity contribution in [2.45, 2.75) is 6.54 Å². The van der Waals surface area contributed by atoms with Crippen molar-refractivity contribution in [3.63, 3.8) is 0 Å². The molecule has 7 heteroatoms. The Labute approximate surface area is 132 Å². The molecule has 0 saturated heterocycles. The van der Waals surface area contributed by atoms with Gasteiger partial charge >= 0.3 is 11.9 Å². The Morgan fingerprint density at radius 1 is 1.04 bits per heavy atom. The van der Waals surface area contributed by atoms with E-state index in [0.717, 1.165) is 0 Å². The monoisotopic (exact) mass is 317 g/mol. The van der Waals surface area contributed by atoms with Crippen molar-refractivity contribution in [2.75, 3.05) is 13.7 Å². The highest BCUT2D eigenvalue weighted by Gasteiger charge is 2.19. The molecule has 2 aromatic rings. The van der Waals surface area contributed by atoms with Gasteiger partial charge in [-0.1, -0.05) is 12.1 Å². The lowest BCUT2D eigenvalue weighted by molar-refractivity contribution is -0.124.